The molecule has 9 heteroatoms. The molecule has 0 bridgehead atoms. The number of ether oxygens (including phenoxy) is 4. The molecule has 31 heavy (non-hydrogen) atoms. The van der Waals surface area contributed by atoms with Crippen LogP contribution in [0.2, 0.25) is 0 Å². The Bertz CT molecular complexity index is 1050. The summed E-state index contributed by atoms with van der Waals surface area (Å²) >= 11 is 2.05. The van der Waals surface area contributed by atoms with E-state index in [0.29, 0.717) is 32.8 Å². The number of carbonyl (C=O) groups is 2. The lowest BCUT2D eigenvalue weighted by molar-refractivity contribution is -0.145. The van der Waals surface area contributed by atoms with Gasteiger partial charge in [0.2, 0.25) is 5.90 Å². The van der Waals surface area contributed by atoms with Crippen LogP contribution in [0.25, 0.3) is 6.08 Å². The maximum atomic E-state index is 13.1. The summed E-state index contributed by atoms with van der Waals surface area (Å²) in [6.07, 6.45) is 1.55. The first kappa shape index (κ1) is 22.7. The van der Waals surface area contributed by atoms with Crippen molar-refractivity contribution < 1.29 is 32.9 Å². The fraction of sp³-hybridized carbons (Fsp3) is 0.227. The van der Waals surface area contributed by atoms with Crippen molar-refractivity contribution >= 4 is 46.5 Å². The van der Waals surface area contributed by atoms with Crippen LogP contribution in [0.3, 0.4) is 0 Å². The molecule has 2 aromatic rings. The van der Waals surface area contributed by atoms with E-state index >= 15 is 0 Å². The van der Waals surface area contributed by atoms with Crippen molar-refractivity contribution in [2.75, 3.05) is 19.8 Å². The molecule has 0 N–H and O–H groups in total. The quantitative estimate of drug-likeness (QED) is 0.285. The van der Waals surface area contributed by atoms with Gasteiger partial charge >= 0.3 is 11.9 Å². The van der Waals surface area contributed by atoms with E-state index < -0.39 is 17.8 Å². The van der Waals surface area contributed by atoms with Gasteiger partial charge in [0.25, 0.3) is 0 Å². The van der Waals surface area contributed by atoms with Crippen molar-refractivity contribution in [3.05, 3.63) is 62.6 Å². The summed E-state index contributed by atoms with van der Waals surface area (Å²) in [5.74, 6) is -0.571. The number of benzene rings is 2. The van der Waals surface area contributed by atoms with E-state index in [9.17, 15) is 14.0 Å². The Hall–Kier alpha value is -2.95. The summed E-state index contributed by atoms with van der Waals surface area (Å²) in [5, 5.41) is 0. The molecular weight excluding hydrogens is 520 g/mol. The van der Waals surface area contributed by atoms with Gasteiger partial charge < -0.3 is 18.9 Å². The van der Waals surface area contributed by atoms with Crippen LogP contribution >= 0.6 is 22.6 Å². The monoisotopic (exact) mass is 539 g/mol. The highest BCUT2D eigenvalue weighted by molar-refractivity contribution is 14.1. The highest BCUT2D eigenvalue weighted by Gasteiger charge is 2.24. The molecule has 162 valence electrons. The van der Waals surface area contributed by atoms with Crippen molar-refractivity contribution in [3.63, 3.8) is 0 Å². The van der Waals surface area contributed by atoms with Crippen LogP contribution in [0.4, 0.5) is 4.39 Å². The third kappa shape index (κ3) is 5.81. The first-order valence-electron chi connectivity index (χ1n) is 9.44. The Morgan fingerprint density at radius 1 is 1.16 bits per heavy atom. The Labute approximate surface area is 192 Å². The van der Waals surface area contributed by atoms with Crippen LogP contribution in [0.1, 0.15) is 25.0 Å². The molecule has 0 spiro atoms. The Balaban J connectivity index is 1.88. The molecule has 7 nitrogen and oxygen atoms in total. The molecule has 1 heterocycles. The number of nitrogens with zero attached hydrogens (tertiary/aromatic N) is 1. The molecule has 0 aliphatic carbocycles. The van der Waals surface area contributed by atoms with Gasteiger partial charge in [-0.1, -0.05) is 0 Å². The predicted octanol–water partition coefficient (Wildman–Crippen LogP) is 4.12. The van der Waals surface area contributed by atoms with Crippen LogP contribution in [0.5, 0.6) is 11.5 Å². The Morgan fingerprint density at radius 3 is 2.58 bits per heavy atom. The molecule has 0 amide bonds. The lowest BCUT2D eigenvalue weighted by Gasteiger charge is -2.14. The van der Waals surface area contributed by atoms with E-state index in [2.05, 4.69) is 27.6 Å². The summed E-state index contributed by atoms with van der Waals surface area (Å²) in [7, 11) is 0. The molecule has 0 saturated carbocycles. The molecule has 1 aliphatic rings. The molecule has 3 rings (SSSR count). The standard InChI is InChI=1S/C22H19FINO6/c1-3-28-18-11-13(9-16(24)20(18)30-12-19(26)29-4-2)10-17-22(27)31-21(25-17)14-5-7-15(23)8-6-14/h5-11H,3-4,12H2,1-2H3/b17-10-. The molecule has 0 atom stereocenters. The number of carbonyl (C=O) groups excluding carboxylic acids is 2. The largest absolute Gasteiger partial charge is 0.490 e. The fourth-order valence-electron chi connectivity index (χ4n) is 2.69. The Morgan fingerprint density at radius 2 is 1.90 bits per heavy atom. The van der Waals surface area contributed by atoms with Crippen LogP contribution in [0, 0.1) is 9.39 Å². The molecule has 0 fully saturated rings. The average Bonchev–Trinajstić information content (AvgIpc) is 3.08. The maximum absolute atomic E-state index is 13.1. The first-order valence-corrected chi connectivity index (χ1v) is 10.5. The number of halogens is 2. The summed E-state index contributed by atoms with van der Waals surface area (Å²) in [6.45, 7) is 3.93. The van der Waals surface area contributed by atoms with Gasteiger partial charge in [0.05, 0.1) is 16.8 Å². The van der Waals surface area contributed by atoms with E-state index in [0.717, 1.165) is 0 Å². The van der Waals surface area contributed by atoms with Gasteiger partial charge in [-0.05, 0) is 84.5 Å². The molecule has 0 saturated heterocycles. The second-order valence-electron chi connectivity index (χ2n) is 6.20. The topological polar surface area (TPSA) is 83.4 Å². The van der Waals surface area contributed by atoms with Gasteiger partial charge in [-0.25, -0.2) is 19.0 Å². The number of esters is 2. The highest BCUT2D eigenvalue weighted by atomic mass is 127. The van der Waals surface area contributed by atoms with Gasteiger partial charge in [0.1, 0.15) is 5.82 Å². The lowest BCUT2D eigenvalue weighted by Crippen LogP contribution is -2.15. The minimum atomic E-state index is -0.616. The van der Waals surface area contributed by atoms with E-state index in [1.165, 1.54) is 24.3 Å². The molecule has 0 radical (unpaired) electrons. The molecule has 1 aliphatic heterocycles. The zero-order valence-corrected chi connectivity index (χ0v) is 19.0. The normalized spacial score (nSPS) is 14.3. The number of rotatable bonds is 8. The van der Waals surface area contributed by atoms with Crippen molar-refractivity contribution in [1.82, 2.24) is 0 Å². The molecule has 0 unspecified atom stereocenters. The zero-order chi connectivity index (χ0) is 22.4. The molecular formula is C22H19FINO6. The number of cyclic esters (lactones) is 1. The minimum Gasteiger partial charge on any atom is -0.490 e. The summed E-state index contributed by atoms with van der Waals surface area (Å²) < 4.78 is 35.1. The number of aliphatic imine (C=N–C) groups is 1. The fourth-order valence-corrected chi connectivity index (χ4v) is 3.47. The third-order valence-electron chi connectivity index (χ3n) is 3.99. The van der Waals surface area contributed by atoms with Crippen LogP contribution < -0.4 is 9.47 Å². The van der Waals surface area contributed by atoms with Crippen LogP contribution in [-0.4, -0.2) is 37.7 Å². The van der Waals surface area contributed by atoms with Crippen LogP contribution in [0.15, 0.2) is 47.1 Å². The lowest BCUT2D eigenvalue weighted by atomic mass is 10.1. The summed E-state index contributed by atoms with van der Waals surface area (Å²) in [5.41, 5.74) is 1.22. The van der Waals surface area contributed by atoms with Crippen molar-refractivity contribution in [1.29, 1.82) is 0 Å². The minimum absolute atomic E-state index is 0.0952. The van der Waals surface area contributed by atoms with E-state index in [1.807, 2.05) is 6.92 Å². The van der Waals surface area contributed by atoms with Gasteiger partial charge in [-0.3, -0.25) is 0 Å². The average molecular weight is 539 g/mol. The maximum Gasteiger partial charge on any atom is 0.363 e. The van der Waals surface area contributed by atoms with Crippen LogP contribution in [-0.2, 0) is 19.1 Å². The first-order chi connectivity index (χ1) is 14.9. The van der Waals surface area contributed by atoms with Gasteiger partial charge in [-0.2, -0.15) is 0 Å². The second-order valence-corrected chi connectivity index (χ2v) is 7.36. The van der Waals surface area contributed by atoms with Gasteiger partial charge in [-0.15, -0.1) is 0 Å². The Kier molecular flexibility index (Phi) is 7.61. The van der Waals surface area contributed by atoms with Crippen molar-refractivity contribution in [2.45, 2.75) is 13.8 Å². The highest BCUT2D eigenvalue weighted by Crippen LogP contribution is 2.35. The summed E-state index contributed by atoms with van der Waals surface area (Å²) in [6, 6.07) is 8.93. The van der Waals surface area contributed by atoms with E-state index in [4.69, 9.17) is 18.9 Å². The van der Waals surface area contributed by atoms with E-state index in [-0.39, 0.29) is 24.8 Å². The number of hydrogen-bond donors (Lipinski definition) is 0. The SMILES string of the molecule is CCOC(=O)COc1c(I)cc(/C=C2\N=C(c3ccc(F)cc3)OC2=O)cc1OCC. The predicted molar refractivity (Wildman–Crippen MR) is 119 cm³/mol. The smallest absolute Gasteiger partial charge is 0.363 e. The van der Waals surface area contributed by atoms with Gasteiger partial charge in [0, 0.05) is 5.56 Å². The van der Waals surface area contributed by atoms with E-state index in [1.54, 1.807) is 25.1 Å². The van der Waals surface area contributed by atoms with Crippen molar-refractivity contribution in [3.8, 4) is 11.5 Å². The molecule has 2 aromatic carbocycles. The zero-order valence-electron chi connectivity index (χ0n) is 16.8. The summed E-state index contributed by atoms with van der Waals surface area (Å²) in [4.78, 5) is 28.1. The third-order valence-corrected chi connectivity index (χ3v) is 4.79. The second kappa shape index (κ2) is 10.4. The van der Waals surface area contributed by atoms with Crippen molar-refractivity contribution in [2.24, 2.45) is 4.99 Å². The van der Waals surface area contributed by atoms with Gasteiger partial charge in [0.15, 0.2) is 23.8 Å². The molecule has 0 aromatic heterocycles. The number of hydrogen-bond acceptors (Lipinski definition) is 7.